The van der Waals surface area contributed by atoms with Crippen LogP contribution in [0.15, 0.2) is 60.7 Å². The van der Waals surface area contributed by atoms with E-state index < -0.39 is 11.7 Å². The van der Waals surface area contributed by atoms with Crippen molar-refractivity contribution in [1.29, 1.82) is 0 Å². The minimum atomic E-state index is -4.36. The van der Waals surface area contributed by atoms with Crippen LogP contribution in [0.3, 0.4) is 0 Å². The van der Waals surface area contributed by atoms with Crippen LogP contribution in [0.4, 0.5) is 13.2 Å². The lowest BCUT2D eigenvalue weighted by molar-refractivity contribution is -0.137. The maximum absolute atomic E-state index is 12.7. The fourth-order valence-corrected chi connectivity index (χ4v) is 3.58. The first-order valence-electron chi connectivity index (χ1n) is 9.37. The average molecular weight is 441 g/mol. The zero-order chi connectivity index (χ0) is 22.2. The second-order valence-electron chi connectivity index (χ2n) is 7.03. The third-order valence-electron chi connectivity index (χ3n) is 4.86. The second kappa shape index (κ2) is 8.04. The fourth-order valence-electron chi connectivity index (χ4n) is 3.32. The summed E-state index contributed by atoms with van der Waals surface area (Å²) in [5.41, 5.74) is 3.29. The normalized spacial score (nSPS) is 12.0. The van der Waals surface area contributed by atoms with Gasteiger partial charge in [0.25, 0.3) is 0 Å². The monoisotopic (exact) mass is 440 g/mol. The Hall–Kier alpha value is -3.38. The van der Waals surface area contributed by atoms with Crippen molar-refractivity contribution in [2.24, 2.45) is 0 Å². The first kappa shape index (κ1) is 20.9. The van der Waals surface area contributed by atoms with E-state index in [0.717, 1.165) is 17.7 Å². The number of ketones is 1. The van der Waals surface area contributed by atoms with Gasteiger partial charge in [-0.3, -0.25) is 4.79 Å². The summed E-state index contributed by atoms with van der Waals surface area (Å²) in [5, 5.41) is 0.475. The van der Waals surface area contributed by atoms with Gasteiger partial charge in [0.2, 0.25) is 0 Å². The van der Waals surface area contributed by atoms with E-state index in [0.29, 0.717) is 38.6 Å². The minimum absolute atomic E-state index is 0.0612. The molecule has 0 aliphatic heterocycles. The zero-order valence-corrected chi connectivity index (χ0v) is 17.1. The van der Waals surface area contributed by atoms with Crippen molar-refractivity contribution in [3.63, 3.8) is 0 Å². The third-order valence-corrected chi connectivity index (χ3v) is 5.17. The van der Waals surface area contributed by atoms with Gasteiger partial charge >= 0.3 is 6.18 Å². The number of nitrogens with zero attached hydrogens (tertiary/aromatic N) is 1. The van der Waals surface area contributed by atoms with Gasteiger partial charge in [-0.2, -0.15) is 13.2 Å². The maximum atomic E-state index is 12.7. The molecule has 1 aromatic heterocycles. The van der Waals surface area contributed by atoms with Crippen molar-refractivity contribution in [3.8, 4) is 11.1 Å². The molecule has 3 nitrogen and oxygen atoms in total. The van der Waals surface area contributed by atoms with E-state index in [1.165, 1.54) is 19.1 Å². The molecule has 0 aliphatic rings. The van der Waals surface area contributed by atoms with Gasteiger partial charge in [0.1, 0.15) is 5.82 Å². The molecule has 1 heterocycles. The Morgan fingerprint density at radius 3 is 2.39 bits per heavy atom. The van der Waals surface area contributed by atoms with Crippen molar-refractivity contribution in [3.05, 3.63) is 88.2 Å². The summed E-state index contributed by atoms with van der Waals surface area (Å²) in [7, 11) is 0. The first-order chi connectivity index (χ1) is 14.7. The SMILES string of the molecule is CC(=O)c1ccccc1-c1cc2nc(/C=C/c3ccc(C(F)(F)F)cc3)[nH]c2cc1Cl. The van der Waals surface area contributed by atoms with Crippen LogP contribution in [0.1, 0.15) is 34.2 Å². The van der Waals surface area contributed by atoms with Crippen LogP contribution in [0, 0.1) is 0 Å². The molecule has 1 N–H and O–H groups in total. The molecule has 31 heavy (non-hydrogen) atoms. The Morgan fingerprint density at radius 2 is 1.71 bits per heavy atom. The lowest BCUT2D eigenvalue weighted by Crippen LogP contribution is -2.03. The Balaban J connectivity index is 1.67. The molecule has 7 heteroatoms. The van der Waals surface area contributed by atoms with E-state index in [1.54, 1.807) is 30.4 Å². The Kier molecular flexibility index (Phi) is 5.41. The van der Waals surface area contributed by atoms with Crippen LogP contribution >= 0.6 is 11.6 Å². The van der Waals surface area contributed by atoms with Crippen LogP contribution in [0.5, 0.6) is 0 Å². The van der Waals surface area contributed by atoms with Crippen LogP contribution in [0.2, 0.25) is 5.02 Å². The number of nitrogens with one attached hydrogen (secondary N) is 1. The molecule has 0 amide bonds. The van der Waals surface area contributed by atoms with Crippen LogP contribution in [0.25, 0.3) is 34.3 Å². The molecular formula is C24H16ClF3N2O. The van der Waals surface area contributed by atoms with Gasteiger partial charge in [-0.05, 0) is 48.4 Å². The fraction of sp³-hybridized carbons (Fsp3) is 0.0833. The van der Waals surface area contributed by atoms with Crippen LogP contribution in [-0.2, 0) is 6.18 Å². The summed E-state index contributed by atoms with van der Waals surface area (Å²) in [6.07, 6.45) is -1.01. The number of aromatic nitrogens is 2. The van der Waals surface area contributed by atoms with Crippen molar-refractivity contribution in [2.75, 3.05) is 0 Å². The Labute approximate surface area is 181 Å². The van der Waals surface area contributed by atoms with E-state index in [-0.39, 0.29) is 5.78 Å². The lowest BCUT2D eigenvalue weighted by Gasteiger charge is -2.09. The lowest BCUT2D eigenvalue weighted by atomic mass is 9.97. The summed E-state index contributed by atoms with van der Waals surface area (Å²) in [5.74, 6) is 0.469. The van der Waals surface area contributed by atoms with E-state index in [1.807, 2.05) is 18.2 Å². The standard InChI is InChI=1S/C24H16ClF3N2O/c1-14(31)17-4-2-3-5-18(17)19-12-21-22(13-20(19)25)30-23(29-21)11-8-15-6-9-16(10-7-15)24(26,27)28/h2-13H,1H3,(H,29,30)/b11-8+. The minimum Gasteiger partial charge on any atom is -0.338 e. The largest absolute Gasteiger partial charge is 0.416 e. The number of carbonyl (C=O) groups is 1. The van der Waals surface area contributed by atoms with Crippen molar-refractivity contribution < 1.29 is 18.0 Å². The van der Waals surface area contributed by atoms with Gasteiger partial charge in [-0.1, -0.05) is 54.1 Å². The second-order valence-corrected chi connectivity index (χ2v) is 7.43. The number of hydrogen-bond acceptors (Lipinski definition) is 2. The highest BCUT2D eigenvalue weighted by molar-refractivity contribution is 6.34. The average Bonchev–Trinajstić information content (AvgIpc) is 3.13. The van der Waals surface area contributed by atoms with Crippen molar-refractivity contribution >= 4 is 40.6 Å². The molecule has 3 aromatic carbocycles. The molecule has 0 unspecified atom stereocenters. The predicted molar refractivity (Wildman–Crippen MR) is 117 cm³/mol. The summed E-state index contributed by atoms with van der Waals surface area (Å²) >= 11 is 6.48. The summed E-state index contributed by atoms with van der Waals surface area (Å²) in [6, 6.07) is 15.6. The van der Waals surface area contributed by atoms with E-state index >= 15 is 0 Å². The summed E-state index contributed by atoms with van der Waals surface area (Å²) in [6.45, 7) is 1.50. The molecule has 0 spiro atoms. The van der Waals surface area contributed by atoms with Gasteiger partial charge in [0.05, 0.1) is 21.6 Å². The van der Waals surface area contributed by atoms with Gasteiger partial charge in [-0.25, -0.2) is 4.98 Å². The quantitative estimate of drug-likeness (QED) is 0.339. The predicted octanol–water partition coefficient (Wildman–Crippen LogP) is 7.28. The number of halogens is 4. The topological polar surface area (TPSA) is 45.8 Å². The van der Waals surface area contributed by atoms with E-state index in [9.17, 15) is 18.0 Å². The molecule has 0 saturated heterocycles. The maximum Gasteiger partial charge on any atom is 0.416 e. The smallest absolute Gasteiger partial charge is 0.338 e. The number of rotatable bonds is 4. The highest BCUT2D eigenvalue weighted by Gasteiger charge is 2.29. The molecule has 0 saturated carbocycles. The summed E-state index contributed by atoms with van der Waals surface area (Å²) in [4.78, 5) is 19.6. The molecule has 0 atom stereocenters. The van der Waals surface area contributed by atoms with Crippen molar-refractivity contribution in [2.45, 2.75) is 13.1 Å². The number of Topliss-reactive ketones (excluding diaryl/α,β-unsaturated/α-hetero) is 1. The van der Waals surface area contributed by atoms with E-state index in [4.69, 9.17) is 11.6 Å². The molecule has 0 radical (unpaired) electrons. The Bertz CT molecular complexity index is 1300. The number of hydrogen-bond donors (Lipinski definition) is 1. The number of carbonyl (C=O) groups excluding carboxylic acids is 1. The summed E-state index contributed by atoms with van der Waals surface area (Å²) < 4.78 is 38.0. The highest BCUT2D eigenvalue weighted by Crippen LogP contribution is 2.34. The molecule has 0 aliphatic carbocycles. The number of fused-ring (bicyclic) bond motifs is 1. The zero-order valence-electron chi connectivity index (χ0n) is 16.3. The Morgan fingerprint density at radius 1 is 1.00 bits per heavy atom. The molecule has 0 fully saturated rings. The van der Waals surface area contributed by atoms with Crippen molar-refractivity contribution in [1.82, 2.24) is 9.97 Å². The number of alkyl halides is 3. The van der Waals surface area contributed by atoms with Gasteiger partial charge < -0.3 is 4.98 Å². The third kappa shape index (κ3) is 4.39. The molecule has 4 rings (SSSR count). The number of H-pyrrole nitrogens is 1. The van der Waals surface area contributed by atoms with Crippen LogP contribution in [-0.4, -0.2) is 15.8 Å². The highest BCUT2D eigenvalue weighted by atomic mass is 35.5. The van der Waals surface area contributed by atoms with Gasteiger partial charge in [0.15, 0.2) is 5.78 Å². The number of benzene rings is 3. The van der Waals surface area contributed by atoms with Crippen LogP contribution < -0.4 is 0 Å². The number of imidazole rings is 1. The van der Waals surface area contributed by atoms with E-state index in [2.05, 4.69) is 9.97 Å². The molecular weight excluding hydrogens is 425 g/mol. The molecule has 0 bridgehead atoms. The molecule has 4 aromatic rings. The van der Waals surface area contributed by atoms with Gasteiger partial charge in [-0.15, -0.1) is 0 Å². The molecule has 156 valence electrons. The number of aromatic amines is 1. The van der Waals surface area contributed by atoms with Gasteiger partial charge in [0, 0.05) is 11.1 Å². The first-order valence-corrected chi connectivity index (χ1v) is 9.75.